The Bertz CT molecular complexity index is 664. The molecular formula is C19H22N2O3. The van der Waals surface area contributed by atoms with Gasteiger partial charge in [0, 0.05) is 18.3 Å². The largest absolute Gasteiger partial charge is 0.494 e. The number of unbranched alkanes of at least 4 members (excludes halogenated alkanes) is 3. The van der Waals surface area contributed by atoms with Crippen LogP contribution in [0.5, 0.6) is 5.75 Å². The van der Waals surface area contributed by atoms with E-state index in [1.807, 2.05) is 24.3 Å². The lowest BCUT2D eigenvalue weighted by Gasteiger charge is -2.05. The van der Waals surface area contributed by atoms with Crippen molar-refractivity contribution in [2.75, 3.05) is 6.61 Å². The molecule has 0 aliphatic heterocycles. The van der Waals surface area contributed by atoms with Gasteiger partial charge >= 0.3 is 0 Å². The van der Waals surface area contributed by atoms with Gasteiger partial charge in [-0.2, -0.15) is 0 Å². The molecule has 5 heteroatoms. The maximum atomic E-state index is 10.6. The van der Waals surface area contributed by atoms with Crippen LogP contribution in [-0.4, -0.2) is 17.7 Å². The minimum atomic E-state index is -0.422. The molecule has 0 unspecified atom stereocenters. The number of non-ortho nitro benzene ring substituents is 1. The van der Waals surface area contributed by atoms with E-state index in [1.54, 1.807) is 18.3 Å². The van der Waals surface area contributed by atoms with Crippen molar-refractivity contribution in [1.29, 1.82) is 0 Å². The van der Waals surface area contributed by atoms with Crippen LogP contribution in [0, 0.1) is 10.1 Å². The third-order valence-electron chi connectivity index (χ3n) is 3.57. The minimum absolute atomic E-state index is 0.0642. The third-order valence-corrected chi connectivity index (χ3v) is 3.57. The normalized spacial score (nSPS) is 10.9. The summed E-state index contributed by atoms with van der Waals surface area (Å²) in [6, 6.07) is 13.9. The number of aliphatic imine (C=N–C) groups is 1. The standard InChI is InChI=1S/C19H22N2O3/c1-2-3-4-5-14-24-19-12-6-16(7-13-19)15-20-17-8-10-18(11-9-17)21(22)23/h6-13,15H,2-5,14H2,1H3. The zero-order valence-electron chi connectivity index (χ0n) is 13.9. The number of hydrogen-bond donors (Lipinski definition) is 0. The number of nitro groups is 1. The monoisotopic (exact) mass is 326 g/mol. The molecule has 0 radical (unpaired) electrons. The lowest BCUT2D eigenvalue weighted by Crippen LogP contribution is -1.97. The Hall–Kier alpha value is -2.69. The molecule has 2 aromatic rings. The van der Waals surface area contributed by atoms with Gasteiger partial charge in [-0.15, -0.1) is 0 Å². The van der Waals surface area contributed by atoms with Crippen LogP contribution < -0.4 is 4.74 Å². The molecule has 5 nitrogen and oxygen atoms in total. The highest BCUT2D eigenvalue weighted by molar-refractivity contribution is 5.82. The van der Waals surface area contributed by atoms with Crippen LogP contribution in [-0.2, 0) is 0 Å². The first-order valence-corrected chi connectivity index (χ1v) is 8.20. The van der Waals surface area contributed by atoms with Gasteiger partial charge in [0.1, 0.15) is 5.75 Å². The summed E-state index contributed by atoms with van der Waals surface area (Å²) in [6.45, 7) is 2.94. The third kappa shape index (κ3) is 5.83. The van der Waals surface area contributed by atoms with Crippen LogP contribution in [0.25, 0.3) is 0 Å². The predicted octanol–water partition coefficient (Wildman–Crippen LogP) is 5.30. The molecule has 0 fully saturated rings. The average molecular weight is 326 g/mol. The molecule has 0 saturated carbocycles. The second-order valence-electron chi connectivity index (χ2n) is 5.51. The van der Waals surface area contributed by atoms with E-state index >= 15 is 0 Å². The van der Waals surface area contributed by atoms with Crippen molar-refractivity contribution in [3.8, 4) is 5.75 Å². The average Bonchev–Trinajstić information content (AvgIpc) is 2.61. The SMILES string of the molecule is CCCCCCOc1ccc(C=Nc2ccc([N+](=O)[O-])cc2)cc1. The second kappa shape index (κ2) is 9.45. The van der Waals surface area contributed by atoms with Crippen molar-refractivity contribution in [1.82, 2.24) is 0 Å². The van der Waals surface area contributed by atoms with Crippen LogP contribution >= 0.6 is 0 Å². The molecule has 0 heterocycles. The molecule has 2 aromatic carbocycles. The second-order valence-corrected chi connectivity index (χ2v) is 5.51. The smallest absolute Gasteiger partial charge is 0.269 e. The maximum Gasteiger partial charge on any atom is 0.269 e. The number of hydrogen-bond acceptors (Lipinski definition) is 4. The maximum absolute atomic E-state index is 10.6. The zero-order valence-corrected chi connectivity index (χ0v) is 13.9. The van der Waals surface area contributed by atoms with Crippen LogP contribution in [0.15, 0.2) is 53.5 Å². The van der Waals surface area contributed by atoms with Crippen molar-refractivity contribution in [3.63, 3.8) is 0 Å². The van der Waals surface area contributed by atoms with Gasteiger partial charge in [-0.05, 0) is 48.4 Å². The zero-order chi connectivity index (χ0) is 17.2. The van der Waals surface area contributed by atoms with Crippen LogP contribution in [0.3, 0.4) is 0 Å². The van der Waals surface area contributed by atoms with E-state index in [0.29, 0.717) is 5.69 Å². The highest BCUT2D eigenvalue weighted by Crippen LogP contribution is 2.18. The summed E-state index contributed by atoms with van der Waals surface area (Å²) in [4.78, 5) is 14.5. The van der Waals surface area contributed by atoms with Crippen LogP contribution in [0.1, 0.15) is 38.2 Å². The van der Waals surface area contributed by atoms with Crippen LogP contribution in [0.4, 0.5) is 11.4 Å². The number of rotatable bonds is 9. The number of nitro benzene ring substituents is 1. The van der Waals surface area contributed by atoms with E-state index in [4.69, 9.17) is 4.74 Å². The molecule has 0 aliphatic rings. The summed E-state index contributed by atoms with van der Waals surface area (Å²) < 4.78 is 5.70. The lowest BCUT2D eigenvalue weighted by atomic mass is 10.2. The summed E-state index contributed by atoms with van der Waals surface area (Å²) >= 11 is 0. The first-order chi connectivity index (χ1) is 11.7. The molecule has 126 valence electrons. The van der Waals surface area contributed by atoms with Gasteiger partial charge in [-0.25, -0.2) is 0 Å². The fraction of sp³-hybridized carbons (Fsp3) is 0.316. The molecule has 0 N–H and O–H groups in total. The van der Waals surface area contributed by atoms with Gasteiger partial charge in [0.15, 0.2) is 0 Å². The Morgan fingerprint density at radius 3 is 2.38 bits per heavy atom. The fourth-order valence-electron chi connectivity index (χ4n) is 2.18. The Morgan fingerprint density at radius 2 is 1.75 bits per heavy atom. The van der Waals surface area contributed by atoms with Gasteiger partial charge in [0.05, 0.1) is 17.2 Å². The summed E-state index contributed by atoms with van der Waals surface area (Å²) in [5.41, 5.74) is 1.69. The lowest BCUT2D eigenvalue weighted by molar-refractivity contribution is -0.384. The summed E-state index contributed by atoms with van der Waals surface area (Å²) in [5.74, 6) is 0.860. The minimum Gasteiger partial charge on any atom is -0.494 e. The number of ether oxygens (including phenoxy) is 1. The summed E-state index contributed by atoms with van der Waals surface area (Å²) in [5, 5.41) is 10.6. The molecule has 0 amide bonds. The molecular weight excluding hydrogens is 304 g/mol. The highest BCUT2D eigenvalue weighted by Gasteiger charge is 2.02. The van der Waals surface area contributed by atoms with Gasteiger partial charge in [-0.3, -0.25) is 15.1 Å². The van der Waals surface area contributed by atoms with Crippen LogP contribution in [0.2, 0.25) is 0 Å². The fourth-order valence-corrected chi connectivity index (χ4v) is 2.18. The molecule has 0 spiro atoms. The van der Waals surface area contributed by atoms with Gasteiger partial charge in [0.2, 0.25) is 0 Å². The molecule has 0 aliphatic carbocycles. The molecule has 2 rings (SSSR count). The van der Waals surface area contributed by atoms with Crippen molar-refractivity contribution in [3.05, 3.63) is 64.2 Å². The number of nitrogens with zero attached hydrogens (tertiary/aromatic N) is 2. The molecule has 24 heavy (non-hydrogen) atoms. The quantitative estimate of drug-likeness (QED) is 0.272. The van der Waals surface area contributed by atoms with Crippen molar-refractivity contribution >= 4 is 17.6 Å². The van der Waals surface area contributed by atoms with Gasteiger partial charge in [0.25, 0.3) is 5.69 Å². The topological polar surface area (TPSA) is 64.7 Å². The Balaban J connectivity index is 1.85. The molecule has 0 atom stereocenters. The molecule has 0 bridgehead atoms. The molecule has 0 aromatic heterocycles. The van der Waals surface area contributed by atoms with Gasteiger partial charge in [-0.1, -0.05) is 26.2 Å². The Labute approximate surface area is 142 Å². The highest BCUT2D eigenvalue weighted by atomic mass is 16.6. The summed E-state index contributed by atoms with van der Waals surface area (Å²) in [6.07, 6.45) is 6.49. The Morgan fingerprint density at radius 1 is 1.04 bits per heavy atom. The first kappa shape index (κ1) is 17.7. The van der Waals surface area contributed by atoms with E-state index in [-0.39, 0.29) is 5.69 Å². The van der Waals surface area contributed by atoms with E-state index in [0.717, 1.165) is 24.3 Å². The molecule has 0 saturated heterocycles. The first-order valence-electron chi connectivity index (χ1n) is 8.20. The number of benzene rings is 2. The van der Waals surface area contributed by atoms with Crippen molar-refractivity contribution < 1.29 is 9.66 Å². The van der Waals surface area contributed by atoms with E-state index < -0.39 is 4.92 Å². The van der Waals surface area contributed by atoms with E-state index in [9.17, 15) is 10.1 Å². The van der Waals surface area contributed by atoms with E-state index in [1.165, 1.54) is 31.4 Å². The summed E-state index contributed by atoms with van der Waals surface area (Å²) in [7, 11) is 0. The van der Waals surface area contributed by atoms with Crippen molar-refractivity contribution in [2.45, 2.75) is 32.6 Å². The Kier molecular flexibility index (Phi) is 6.95. The van der Waals surface area contributed by atoms with Gasteiger partial charge < -0.3 is 4.74 Å². The predicted molar refractivity (Wildman–Crippen MR) is 96.4 cm³/mol. The van der Waals surface area contributed by atoms with Crippen molar-refractivity contribution in [2.24, 2.45) is 4.99 Å². The van der Waals surface area contributed by atoms with E-state index in [2.05, 4.69) is 11.9 Å².